The number of amides is 1. The number of aromatic nitrogens is 4. The van der Waals surface area contributed by atoms with Crippen molar-refractivity contribution >= 4 is 11.6 Å². The van der Waals surface area contributed by atoms with Gasteiger partial charge in [-0.15, -0.1) is 5.10 Å². The number of ether oxygens (including phenoxy) is 1. The number of anilines is 1. The van der Waals surface area contributed by atoms with Crippen molar-refractivity contribution in [3.8, 4) is 22.7 Å². The van der Waals surface area contributed by atoms with Crippen molar-refractivity contribution in [2.24, 2.45) is 0 Å². The summed E-state index contributed by atoms with van der Waals surface area (Å²) in [4.78, 5) is 17.3. The van der Waals surface area contributed by atoms with Crippen molar-refractivity contribution in [3.63, 3.8) is 0 Å². The number of carbonyl (C=O) groups is 1. The molecular weight excluding hydrogens is 378 g/mol. The second-order valence-corrected chi connectivity index (χ2v) is 6.89. The summed E-state index contributed by atoms with van der Waals surface area (Å²) in [5, 5.41) is 11.4. The van der Waals surface area contributed by atoms with E-state index in [2.05, 4.69) is 27.5 Å². The largest absolute Gasteiger partial charge is 0.497 e. The van der Waals surface area contributed by atoms with Crippen molar-refractivity contribution < 1.29 is 9.53 Å². The summed E-state index contributed by atoms with van der Waals surface area (Å²) >= 11 is 0. The van der Waals surface area contributed by atoms with Crippen LogP contribution in [0.2, 0.25) is 0 Å². The molecule has 4 rings (SSSR count). The third kappa shape index (κ3) is 3.77. The maximum atomic E-state index is 13.1. The van der Waals surface area contributed by atoms with E-state index in [1.54, 1.807) is 36.3 Å². The summed E-state index contributed by atoms with van der Waals surface area (Å²) in [5.74, 6) is 0.288. The topological polar surface area (TPSA) is 81.9 Å². The third-order valence-corrected chi connectivity index (χ3v) is 4.88. The highest BCUT2D eigenvalue weighted by Gasteiger charge is 2.23. The highest BCUT2D eigenvalue weighted by molar-refractivity contribution is 6.06. The second-order valence-electron chi connectivity index (χ2n) is 6.89. The van der Waals surface area contributed by atoms with Crippen LogP contribution in [0, 0.1) is 13.8 Å². The Labute approximate surface area is 174 Å². The number of benzene rings is 2. The molecule has 0 radical (unpaired) electrons. The van der Waals surface area contributed by atoms with Crippen LogP contribution in [0.5, 0.6) is 5.75 Å². The molecule has 0 aliphatic heterocycles. The van der Waals surface area contributed by atoms with Crippen LogP contribution in [0.4, 0.5) is 5.69 Å². The molecule has 7 nitrogen and oxygen atoms in total. The number of carbonyl (C=O) groups excluding carboxylic acids is 1. The van der Waals surface area contributed by atoms with Crippen LogP contribution in [0.15, 0.2) is 67.0 Å². The molecule has 0 saturated heterocycles. The summed E-state index contributed by atoms with van der Waals surface area (Å²) in [6, 6.07) is 16.9. The number of hydrogen-bond donors (Lipinski definition) is 1. The van der Waals surface area contributed by atoms with Crippen LogP contribution in [0.25, 0.3) is 16.9 Å². The first-order valence-electron chi connectivity index (χ1n) is 9.46. The molecule has 0 spiro atoms. The lowest BCUT2D eigenvalue weighted by Crippen LogP contribution is -2.14. The van der Waals surface area contributed by atoms with Gasteiger partial charge in [-0.3, -0.25) is 9.78 Å². The number of rotatable bonds is 5. The zero-order valence-electron chi connectivity index (χ0n) is 17.0. The van der Waals surface area contributed by atoms with Gasteiger partial charge in [0.15, 0.2) is 5.69 Å². The summed E-state index contributed by atoms with van der Waals surface area (Å²) in [6.45, 7) is 4.09. The Bertz CT molecular complexity index is 1200. The van der Waals surface area contributed by atoms with E-state index in [-0.39, 0.29) is 11.6 Å². The number of nitrogens with one attached hydrogen (secondary N) is 1. The van der Waals surface area contributed by atoms with Gasteiger partial charge in [0.05, 0.1) is 12.8 Å². The predicted molar refractivity (Wildman–Crippen MR) is 115 cm³/mol. The molecule has 2 aromatic carbocycles. The van der Waals surface area contributed by atoms with E-state index >= 15 is 0 Å². The Kier molecular flexibility index (Phi) is 5.26. The molecular formula is C23H21N5O2. The first kappa shape index (κ1) is 19.3. The lowest BCUT2D eigenvalue weighted by atomic mass is 10.1. The summed E-state index contributed by atoms with van der Waals surface area (Å²) in [7, 11) is 1.58. The molecule has 150 valence electrons. The van der Waals surface area contributed by atoms with E-state index < -0.39 is 0 Å². The molecule has 7 heteroatoms. The number of nitrogens with zero attached hydrogens (tertiary/aromatic N) is 4. The molecule has 0 fully saturated rings. The van der Waals surface area contributed by atoms with Crippen molar-refractivity contribution in [2.45, 2.75) is 13.8 Å². The van der Waals surface area contributed by atoms with Gasteiger partial charge in [0, 0.05) is 29.7 Å². The van der Waals surface area contributed by atoms with Crippen LogP contribution < -0.4 is 10.1 Å². The molecule has 30 heavy (non-hydrogen) atoms. The molecule has 0 unspecified atom stereocenters. The Balaban J connectivity index is 1.79. The number of hydrogen-bond acceptors (Lipinski definition) is 5. The van der Waals surface area contributed by atoms with Gasteiger partial charge in [-0.2, -0.15) is 0 Å². The standard InChI is InChI=1S/C23H21N5O2/c1-15-9-10-19(12-16(15)2)28-22(17-6-5-11-24-14-17)21(26-27-28)23(29)25-18-7-4-8-20(13-18)30-3/h4-14H,1-3H3,(H,25,29). The van der Waals surface area contributed by atoms with E-state index in [9.17, 15) is 4.79 Å². The van der Waals surface area contributed by atoms with Crippen molar-refractivity contribution in [2.75, 3.05) is 12.4 Å². The smallest absolute Gasteiger partial charge is 0.278 e. The molecule has 0 bridgehead atoms. The lowest BCUT2D eigenvalue weighted by molar-refractivity contribution is 0.102. The van der Waals surface area contributed by atoms with Crippen LogP contribution in [0.1, 0.15) is 21.6 Å². The predicted octanol–water partition coefficient (Wildman–Crippen LogP) is 4.21. The fourth-order valence-corrected chi connectivity index (χ4v) is 3.13. The van der Waals surface area contributed by atoms with E-state index in [1.807, 2.05) is 49.4 Å². The van der Waals surface area contributed by atoms with E-state index in [0.717, 1.165) is 16.8 Å². The molecule has 0 aliphatic rings. The Morgan fingerprint density at radius 3 is 2.63 bits per heavy atom. The van der Waals surface area contributed by atoms with Crippen LogP contribution in [-0.2, 0) is 0 Å². The number of aryl methyl sites for hydroxylation is 2. The van der Waals surface area contributed by atoms with Gasteiger partial charge < -0.3 is 10.1 Å². The molecule has 1 amide bonds. The minimum Gasteiger partial charge on any atom is -0.497 e. The summed E-state index contributed by atoms with van der Waals surface area (Å²) in [6.07, 6.45) is 3.38. The molecule has 0 atom stereocenters. The van der Waals surface area contributed by atoms with Crippen molar-refractivity contribution in [1.29, 1.82) is 0 Å². The van der Waals surface area contributed by atoms with Gasteiger partial charge in [0.2, 0.25) is 0 Å². The van der Waals surface area contributed by atoms with Gasteiger partial charge in [-0.25, -0.2) is 4.68 Å². The van der Waals surface area contributed by atoms with Gasteiger partial charge in [0.25, 0.3) is 5.91 Å². The average molecular weight is 399 g/mol. The molecule has 2 aromatic heterocycles. The third-order valence-electron chi connectivity index (χ3n) is 4.88. The van der Waals surface area contributed by atoms with Gasteiger partial charge >= 0.3 is 0 Å². The highest BCUT2D eigenvalue weighted by Crippen LogP contribution is 2.27. The second kappa shape index (κ2) is 8.16. The first-order chi connectivity index (χ1) is 14.6. The van der Waals surface area contributed by atoms with Crippen LogP contribution >= 0.6 is 0 Å². The fraction of sp³-hybridized carbons (Fsp3) is 0.130. The maximum absolute atomic E-state index is 13.1. The quantitative estimate of drug-likeness (QED) is 0.544. The fourth-order valence-electron chi connectivity index (χ4n) is 3.13. The molecule has 0 saturated carbocycles. The first-order valence-corrected chi connectivity index (χ1v) is 9.46. The Morgan fingerprint density at radius 1 is 1.03 bits per heavy atom. The van der Waals surface area contributed by atoms with Gasteiger partial charge in [-0.05, 0) is 61.4 Å². The zero-order chi connectivity index (χ0) is 21.1. The van der Waals surface area contributed by atoms with Gasteiger partial charge in [0.1, 0.15) is 11.4 Å². The Morgan fingerprint density at radius 2 is 1.90 bits per heavy atom. The van der Waals surface area contributed by atoms with Crippen LogP contribution in [0.3, 0.4) is 0 Å². The molecule has 2 heterocycles. The lowest BCUT2D eigenvalue weighted by Gasteiger charge is -2.10. The van der Waals surface area contributed by atoms with Crippen molar-refractivity contribution in [1.82, 2.24) is 20.0 Å². The normalized spacial score (nSPS) is 10.6. The summed E-state index contributed by atoms with van der Waals surface area (Å²) in [5.41, 5.74) is 5.27. The SMILES string of the molecule is COc1cccc(NC(=O)c2nnn(-c3ccc(C)c(C)c3)c2-c2cccnc2)c1. The summed E-state index contributed by atoms with van der Waals surface area (Å²) < 4.78 is 6.90. The Hall–Kier alpha value is -4.00. The number of pyridine rings is 1. The molecule has 1 N–H and O–H groups in total. The molecule has 0 aliphatic carbocycles. The van der Waals surface area contributed by atoms with E-state index in [4.69, 9.17) is 4.74 Å². The number of methoxy groups -OCH3 is 1. The zero-order valence-corrected chi connectivity index (χ0v) is 17.0. The van der Waals surface area contributed by atoms with Crippen molar-refractivity contribution in [3.05, 3.63) is 83.8 Å². The van der Waals surface area contributed by atoms with Gasteiger partial charge in [-0.1, -0.05) is 17.3 Å². The minimum atomic E-state index is -0.364. The molecule has 4 aromatic rings. The van der Waals surface area contributed by atoms with E-state index in [0.29, 0.717) is 17.1 Å². The highest BCUT2D eigenvalue weighted by atomic mass is 16.5. The van der Waals surface area contributed by atoms with E-state index in [1.165, 1.54) is 5.56 Å². The monoisotopic (exact) mass is 399 g/mol. The van der Waals surface area contributed by atoms with Crippen LogP contribution in [-0.4, -0.2) is 33.0 Å². The average Bonchev–Trinajstić information content (AvgIpc) is 3.22. The maximum Gasteiger partial charge on any atom is 0.278 e. The minimum absolute atomic E-state index is 0.212.